The number of amides is 1. The molecule has 0 spiro atoms. The van der Waals surface area contributed by atoms with E-state index in [1.54, 1.807) is 25.1 Å². The lowest BCUT2D eigenvalue weighted by atomic mass is 10.2. The summed E-state index contributed by atoms with van der Waals surface area (Å²) in [6.45, 7) is 1.62. The third-order valence-electron chi connectivity index (χ3n) is 2.21. The van der Waals surface area contributed by atoms with Crippen molar-refractivity contribution in [3.63, 3.8) is 0 Å². The predicted molar refractivity (Wildman–Crippen MR) is 65.0 cm³/mol. The Kier molecular flexibility index (Phi) is 4.08. The summed E-state index contributed by atoms with van der Waals surface area (Å²) in [5.74, 6) is -0.241. The Morgan fingerprint density at radius 3 is 2.47 bits per heavy atom. The van der Waals surface area contributed by atoms with Gasteiger partial charge in [-0.2, -0.15) is 0 Å². The van der Waals surface area contributed by atoms with Crippen LogP contribution in [0, 0.1) is 0 Å². The van der Waals surface area contributed by atoms with E-state index in [-0.39, 0.29) is 10.8 Å². The second kappa shape index (κ2) is 5.15. The Hall–Kier alpha value is -1.60. The van der Waals surface area contributed by atoms with Gasteiger partial charge in [-0.1, -0.05) is 12.1 Å². The van der Waals surface area contributed by atoms with Crippen LogP contribution in [0.5, 0.6) is 0 Å². The maximum Gasteiger partial charge on any atom is 0.241 e. The molecule has 94 valence electrons. The topological polar surface area (TPSA) is 101 Å². The van der Waals surface area contributed by atoms with E-state index in [0.29, 0.717) is 5.69 Å². The highest BCUT2D eigenvalue weighted by Gasteiger charge is 2.17. The standard InChI is InChI=1S/C10H15N3O3S/c1-7(10(14)12-2)13-8-5-3-4-6-9(8)17(11,15)16/h3-7,13H,1-2H3,(H,12,14)(H2,11,15,16). The van der Waals surface area contributed by atoms with Crippen molar-refractivity contribution in [3.05, 3.63) is 24.3 Å². The van der Waals surface area contributed by atoms with Crippen LogP contribution >= 0.6 is 0 Å². The van der Waals surface area contributed by atoms with E-state index in [4.69, 9.17) is 5.14 Å². The molecule has 0 fully saturated rings. The van der Waals surface area contributed by atoms with Crippen molar-refractivity contribution in [2.75, 3.05) is 12.4 Å². The van der Waals surface area contributed by atoms with E-state index in [0.717, 1.165) is 0 Å². The molecule has 1 amide bonds. The number of anilines is 1. The molecule has 0 saturated heterocycles. The summed E-state index contributed by atoms with van der Waals surface area (Å²) in [7, 11) is -2.30. The van der Waals surface area contributed by atoms with Crippen LogP contribution < -0.4 is 15.8 Å². The van der Waals surface area contributed by atoms with Crippen molar-refractivity contribution >= 4 is 21.6 Å². The van der Waals surface area contributed by atoms with E-state index in [1.165, 1.54) is 13.1 Å². The highest BCUT2D eigenvalue weighted by Crippen LogP contribution is 2.19. The smallest absolute Gasteiger partial charge is 0.241 e. The first-order valence-electron chi connectivity index (χ1n) is 4.96. The molecule has 0 aromatic heterocycles. The molecule has 4 N–H and O–H groups in total. The second-order valence-corrected chi connectivity index (χ2v) is 5.05. The van der Waals surface area contributed by atoms with Crippen molar-refractivity contribution in [1.82, 2.24) is 5.32 Å². The lowest BCUT2D eigenvalue weighted by molar-refractivity contribution is -0.121. The van der Waals surface area contributed by atoms with Crippen molar-refractivity contribution < 1.29 is 13.2 Å². The van der Waals surface area contributed by atoms with Gasteiger partial charge in [0, 0.05) is 7.05 Å². The number of sulfonamides is 1. The summed E-state index contributed by atoms with van der Waals surface area (Å²) in [6, 6.07) is 5.61. The average Bonchev–Trinajstić information content (AvgIpc) is 2.27. The zero-order valence-electron chi connectivity index (χ0n) is 9.60. The summed E-state index contributed by atoms with van der Waals surface area (Å²) < 4.78 is 22.6. The first-order chi connectivity index (χ1) is 7.86. The molecule has 0 saturated carbocycles. The number of hydrogen-bond donors (Lipinski definition) is 3. The van der Waals surface area contributed by atoms with Crippen LogP contribution in [0.3, 0.4) is 0 Å². The first-order valence-corrected chi connectivity index (χ1v) is 6.51. The number of benzene rings is 1. The third-order valence-corrected chi connectivity index (χ3v) is 3.17. The van der Waals surface area contributed by atoms with E-state index >= 15 is 0 Å². The molecule has 1 aromatic carbocycles. The minimum absolute atomic E-state index is 0.0317. The van der Waals surface area contributed by atoms with Gasteiger partial charge in [0.2, 0.25) is 15.9 Å². The van der Waals surface area contributed by atoms with Crippen molar-refractivity contribution in [2.24, 2.45) is 5.14 Å². The summed E-state index contributed by atoms with van der Waals surface area (Å²) in [6.07, 6.45) is 0. The minimum Gasteiger partial charge on any atom is -0.373 e. The minimum atomic E-state index is -3.81. The van der Waals surface area contributed by atoms with Crippen LogP contribution in [0.15, 0.2) is 29.2 Å². The van der Waals surface area contributed by atoms with Crippen LogP contribution in [-0.2, 0) is 14.8 Å². The van der Waals surface area contributed by atoms with Crippen LogP contribution in [0.25, 0.3) is 0 Å². The van der Waals surface area contributed by atoms with Gasteiger partial charge in [-0.3, -0.25) is 4.79 Å². The number of para-hydroxylation sites is 1. The monoisotopic (exact) mass is 257 g/mol. The lowest BCUT2D eigenvalue weighted by Crippen LogP contribution is -2.35. The predicted octanol–water partition coefficient (Wildman–Crippen LogP) is -0.120. The van der Waals surface area contributed by atoms with E-state index in [9.17, 15) is 13.2 Å². The number of carbonyl (C=O) groups is 1. The van der Waals surface area contributed by atoms with Gasteiger partial charge in [0.15, 0.2) is 0 Å². The molecular weight excluding hydrogens is 242 g/mol. The van der Waals surface area contributed by atoms with Crippen LogP contribution in [0.2, 0.25) is 0 Å². The molecule has 17 heavy (non-hydrogen) atoms. The molecule has 1 atom stereocenters. The molecule has 0 aliphatic rings. The summed E-state index contributed by atoms with van der Waals surface area (Å²) in [4.78, 5) is 11.3. The molecular formula is C10H15N3O3S. The summed E-state index contributed by atoms with van der Waals surface area (Å²) >= 11 is 0. The van der Waals surface area contributed by atoms with Gasteiger partial charge >= 0.3 is 0 Å². The van der Waals surface area contributed by atoms with Crippen LogP contribution in [0.1, 0.15) is 6.92 Å². The number of rotatable bonds is 4. The summed E-state index contributed by atoms with van der Waals surface area (Å²) in [5.41, 5.74) is 0.311. The molecule has 0 aliphatic carbocycles. The van der Waals surface area contributed by atoms with Crippen molar-refractivity contribution in [3.8, 4) is 0 Å². The van der Waals surface area contributed by atoms with Gasteiger partial charge in [-0.15, -0.1) is 0 Å². The maximum atomic E-state index is 11.3. The molecule has 0 bridgehead atoms. The maximum absolute atomic E-state index is 11.3. The van der Waals surface area contributed by atoms with Crippen LogP contribution in [-0.4, -0.2) is 27.4 Å². The molecule has 0 heterocycles. The van der Waals surface area contributed by atoms with Crippen molar-refractivity contribution in [1.29, 1.82) is 0 Å². The molecule has 6 nitrogen and oxygen atoms in total. The number of carbonyl (C=O) groups excluding carboxylic acids is 1. The molecule has 0 aliphatic heterocycles. The highest BCUT2D eigenvalue weighted by molar-refractivity contribution is 7.89. The van der Waals surface area contributed by atoms with Gasteiger partial charge < -0.3 is 10.6 Å². The first kappa shape index (κ1) is 13.5. The Balaban J connectivity index is 3.04. The zero-order chi connectivity index (χ0) is 13.1. The van der Waals surface area contributed by atoms with Gasteiger partial charge in [0.1, 0.15) is 10.9 Å². The zero-order valence-corrected chi connectivity index (χ0v) is 10.4. The lowest BCUT2D eigenvalue weighted by Gasteiger charge is -2.15. The average molecular weight is 257 g/mol. The molecule has 1 unspecified atom stereocenters. The molecule has 0 radical (unpaired) electrons. The molecule has 7 heteroatoms. The normalized spacial score (nSPS) is 12.9. The quantitative estimate of drug-likeness (QED) is 0.700. The number of primary sulfonamides is 1. The number of nitrogens with two attached hydrogens (primary N) is 1. The fourth-order valence-corrected chi connectivity index (χ4v) is 2.05. The third kappa shape index (κ3) is 3.43. The Labute approximate surface area is 100 Å². The van der Waals surface area contributed by atoms with Crippen molar-refractivity contribution in [2.45, 2.75) is 17.9 Å². The largest absolute Gasteiger partial charge is 0.373 e. The van der Waals surface area contributed by atoms with Gasteiger partial charge in [-0.05, 0) is 19.1 Å². The van der Waals surface area contributed by atoms with E-state index in [1.807, 2.05) is 0 Å². The molecule has 1 rings (SSSR count). The van der Waals surface area contributed by atoms with Gasteiger partial charge in [0.25, 0.3) is 0 Å². The highest BCUT2D eigenvalue weighted by atomic mass is 32.2. The SMILES string of the molecule is CNC(=O)C(C)Nc1ccccc1S(N)(=O)=O. The number of likely N-dealkylation sites (N-methyl/N-ethyl adjacent to an activating group) is 1. The van der Waals surface area contributed by atoms with E-state index < -0.39 is 16.1 Å². The van der Waals surface area contributed by atoms with Gasteiger partial charge in [-0.25, -0.2) is 13.6 Å². The number of nitrogens with one attached hydrogen (secondary N) is 2. The summed E-state index contributed by atoms with van der Waals surface area (Å²) in [5, 5.41) is 10.3. The Morgan fingerprint density at radius 2 is 1.94 bits per heavy atom. The Morgan fingerprint density at radius 1 is 1.35 bits per heavy atom. The van der Waals surface area contributed by atoms with E-state index in [2.05, 4.69) is 10.6 Å². The fraction of sp³-hybridized carbons (Fsp3) is 0.300. The number of hydrogen-bond acceptors (Lipinski definition) is 4. The fourth-order valence-electron chi connectivity index (χ4n) is 1.35. The van der Waals surface area contributed by atoms with Gasteiger partial charge in [0.05, 0.1) is 5.69 Å². The molecule has 1 aromatic rings. The second-order valence-electron chi connectivity index (χ2n) is 3.52. The van der Waals surface area contributed by atoms with Crippen LogP contribution in [0.4, 0.5) is 5.69 Å². The Bertz CT molecular complexity index is 513.